The van der Waals surface area contributed by atoms with Crippen LogP contribution in [-0.2, 0) is 9.59 Å². The molecule has 1 unspecified atom stereocenters. The largest absolute Gasteiger partial charge is 0.507 e. The van der Waals surface area contributed by atoms with E-state index in [1.807, 2.05) is 50.2 Å². The van der Waals surface area contributed by atoms with E-state index in [9.17, 15) is 14.7 Å². The summed E-state index contributed by atoms with van der Waals surface area (Å²) in [6, 6.07) is 13.9. The molecule has 6 heteroatoms. The third-order valence-corrected chi connectivity index (χ3v) is 5.43. The van der Waals surface area contributed by atoms with E-state index in [1.165, 1.54) is 0 Å². The monoisotopic (exact) mass is 434 g/mol. The zero-order chi connectivity index (χ0) is 23.3. The number of aliphatic hydroxyl groups excluding tert-OH is 1. The van der Waals surface area contributed by atoms with Gasteiger partial charge in [-0.05, 0) is 63.8 Å². The van der Waals surface area contributed by atoms with Gasteiger partial charge in [-0.15, -0.1) is 0 Å². The minimum Gasteiger partial charge on any atom is -0.507 e. The Kier molecular flexibility index (Phi) is 7.49. The molecular formula is C26H30N2O4. The zero-order valence-electron chi connectivity index (χ0n) is 18.9. The maximum absolute atomic E-state index is 13.0. The first-order chi connectivity index (χ1) is 15.3. The molecule has 1 saturated heterocycles. The molecule has 32 heavy (non-hydrogen) atoms. The van der Waals surface area contributed by atoms with E-state index >= 15 is 0 Å². The van der Waals surface area contributed by atoms with E-state index in [-0.39, 0.29) is 11.3 Å². The predicted octanol–water partition coefficient (Wildman–Crippen LogP) is 3.93. The lowest BCUT2D eigenvalue weighted by Gasteiger charge is -2.26. The smallest absolute Gasteiger partial charge is 0.295 e. The maximum atomic E-state index is 13.0. The van der Waals surface area contributed by atoms with Crippen molar-refractivity contribution in [3.8, 4) is 5.75 Å². The van der Waals surface area contributed by atoms with Crippen LogP contribution in [0.15, 0.2) is 66.8 Å². The second-order valence-electron chi connectivity index (χ2n) is 8.18. The summed E-state index contributed by atoms with van der Waals surface area (Å²) >= 11 is 0. The molecule has 0 bridgehead atoms. The number of Topliss-reactive ketones (excluding diaryl/α,β-unsaturated/α-hetero) is 1. The summed E-state index contributed by atoms with van der Waals surface area (Å²) in [5.74, 6) is -0.799. The fourth-order valence-electron chi connectivity index (χ4n) is 3.78. The maximum Gasteiger partial charge on any atom is 0.295 e. The number of benzene rings is 2. The van der Waals surface area contributed by atoms with Crippen LogP contribution in [0, 0.1) is 6.92 Å². The van der Waals surface area contributed by atoms with Gasteiger partial charge >= 0.3 is 0 Å². The average molecular weight is 435 g/mol. The Morgan fingerprint density at radius 1 is 1.12 bits per heavy atom. The van der Waals surface area contributed by atoms with Crippen molar-refractivity contribution >= 4 is 17.4 Å². The number of ketones is 1. The number of rotatable bonds is 9. The molecule has 1 heterocycles. The number of likely N-dealkylation sites (tertiary alicyclic amines) is 1. The summed E-state index contributed by atoms with van der Waals surface area (Å²) in [5, 5.41) is 11.1. The van der Waals surface area contributed by atoms with Crippen LogP contribution in [0.3, 0.4) is 0 Å². The molecule has 1 fully saturated rings. The van der Waals surface area contributed by atoms with Gasteiger partial charge in [0, 0.05) is 12.1 Å². The summed E-state index contributed by atoms with van der Waals surface area (Å²) < 4.78 is 5.49. The highest BCUT2D eigenvalue weighted by molar-refractivity contribution is 6.46. The highest BCUT2D eigenvalue weighted by Crippen LogP contribution is 2.39. The Morgan fingerprint density at radius 3 is 2.38 bits per heavy atom. The van der Waals surface area contributed by atoms with Gasteiger partial charge in [0.2, 0.25) is 0 Å². The molecular weight excluding hydrogens is 404 g/mol. The Morgan fingerprint density at radius 2 is 1.78 bits per heavy atom. The first-order valence-corrected chi connectivity index (χ1v) is 10.7. The molecule has 2 aromatic rings. The second kappa shape index (κ2) is 10.3. The number of nitrogens with zero attached hydrogens (tertiary/aromatic N) is 2. The molecule has 6 nitrogen and oxygen atoms in total. The van der Waals surface area contributed by atoms with Crippen molar-refractivity contribution in [1.82, 2.24) is 9.80 Å². The second-order valence-corrected chi connectivity index (χ2v) is 8.18. The first-order valence-electron chi connectivity index (χ1n) is 10.7. The summed E-state index contributed by atoms with van der Waals surface area (Å²) in [6.07, 6.45) is 2.37. The van der Waals surface area contributed by atoms with Gasteiger partial charge in [-0.3, -0.25) is 9.59 Å². The van der Waals surface area contributed by atoms with Crippen molar-refractivity contribution in [1.29, 1.82) is 0 Å². The Balaban J connectivity index is 2.02. The molecule has 1 aliphatic rings. The predicted molar refractivity (Wildman–Crippen MR) is 125 cm³/mol. The molecule has 0 spiro atoms. The lowest BCUT2D eigenvalue weighted by atomic mass is 9.94. The van der Waals surface area contributed by atoms with Crippen LogP contribution in [0.5, 0.6) is 5.75 Å². The summed E-state index contributed by atoms with van der Waals surface area (Å²) in [5.41, 5.74) is 2.45. The van der Waals surface area contributed by atoms with Gasteiger partial charge in [0.15, 0.2) is 0 Å². The van der Waals surface area contributed by atoms with Gasteiger partial charge in [0.25, 0.3) is 11.7 Å². The highest BCUT2D eigenvalue weighted by atomic mass is 16.5. The topological polar surface area (TPSA) is 70.1 Å². The molecule has 2 aromatic carbocycles. The van der Waals surface area contributed by atoms with Crippen LogP contribution >= 0.6 is 0 Å². The van der Waals surface area contributed by atoms with Crippen molar-refractivity contribution in [3.05, 3.63) is 83.4 Å². The fourth-order valence-corrected chi connectivity index (χ4v) is 3.78. The molecule has 1 amide bonds. The van der Waals surface area contributed by atoms with Crippen LogP contribution in [0.1, 0.15) is 29.2 Å². The van der Waals surface area contributed by atoms with Crippen molar-refractivity contribution in [2.45, 2.75) is 19.4 Å². The zero-order valence-corrected chi connectivity index (χ0v) is 18.9. The summed E-state index contributed by atoms with van der Waals surface area (Å²) in [4.78, 5) is 29.6. The lowest BCUT2D eigenvalue weighted by Crippen LogP contribution is -2.32. The molecule has 0 aliphatic carbocycles. The van der Waals surface area contributed by atoms with Crippen molar-refractivity contribution in [2.75, 3.05) is 33.8 Å². The molecule has 0 radical (unpaired) electrons. The van der Waals surface area contributed by atoms with E-state index in [0.717, 1.165) is 24.1 Å². The fraction of sp³-hybridized carbons (Fsp3) is 0.308. The summed E-state index contributed by atoms with van der Waals surface area (Å²) in [7, 11) is 3.93. The summed E-state index contributed by atoms with van der Waals surface area (Å²) in [6.45, 7) is 7.18. The number of hydrogen-bond acceptors (Lipinski definition) is 5. The van der Waals surface area contributed by atoms with E-state index in [4.69, 9.17) is 4.74 Å². The third kappa shape index (κ3) is 5.08. The number of ether oxygens (including phenoxy) is 1. The molecule has 3 rings (SSSR count). The third-order valence-electron chi connectivity index (χ3n) is 5.43. The van der Waals surface area contributed by atoms with Crippen molar-refractivity contribution in [3.63, 3.8) is 0 Å². The Hall–Kier alpha value is -3.38. The van der Waals surface area contributed by atoms with Crippen LogP contribution in [0.4, 0.5) is 0 Å². The van der Waals surface area contributed by atoms with E-state index < -0.39 is 17.7 Å². The van der Waals surface area contributed by atoms with Gasteiger partial charge < -0.3 is 19.6 Å². The van der Waals surface area contributed by atoms with E-state index in [2.05, 4.69) is 6.58 Å². The molecule has 0 saturated carbocycles. The van der Waals surface area contributed by atoms with Crippen molar-refractivity contribution in [2.24, 2.45) is 0 Å². The van der Waals surface area contributed by atoms with Gasteiger partial charge in [-0.1, -0.05) is 42.5 Å². The van der Waals surface area contributed by atoms with Gasteiger partial charge in [-0.25, -0.2) is 0 Å². The molecule has 1 aliphatic heterocycles. The van der Waals surface area contributed by atoms with Crippen LogP contribution in [0.25, 0.3) is 5.76 Å². The SMILES string of the molecule is C=CCOc1ccc(/C(O)=C2\C(=O)C(=O)N(CCCN(C)C)C2c2ccc(C)cc2)cc1. The average Bonchev–Trinajstić information content (AvgIpc) is 3.03. The molecule has 1 N–H and O–H groups in total. The van der Waals surface area contributed by atoms with Crippen LogP contribution in [-0.4, -0.2) is 60.4 Å². The highest BCUT2D eigenvalue weighted by Gasteiger charge is 2.45. The van der Waals surface area contributed by atoms with Gasteiger partial charge in [0.1, 0.15) is 18.1 Å². The number of carbonyl (C=O) groups is 2. The van der Waals surface area contributed by atoms with Gasteiger partial charge in [-0.2, -0.15) is 0 Å². The standard InChI is InChI=1S/C26H30N2O4/c1-5-17-32-21-13-11-20(12-14-21)24(29)22-23(19-9-7-18(2)8-10-19)28(26(31)25(22)30)16-6-15-27(3)4/h5,7-14,23,29H,1,6,15-17H2,2-4H3/b24-22+. The van der Waals surface area contributed by atoms with Gasteiger partial charge in [0.05, 0.1) is 11.6 Å². The number of aliphatic hydroxyl groups is 1. The van der Waals surface area contributed by atoms with Crippen molar-refractivity contribution < 1.29 is 19.4 Å². The minimum atomic E-state index is -0.662. The Bertz CT molecular complexity index is 1010. The van der Waals surface area contributed by atoms with E-state index in [1.54, 1.807) is 35.2 Å². The quantitative estimate of drug-likeness (QED) is 0.280. The Labute approximate surface area is 189 Å². The van der Waals surface area contributed by atoms with E-state index in [0.29, 0.717) is 24.5 Å². The number of hydrogen-bond donors (Lipinski definition) is 1. The number of carbonyl (C=O) groups excluding carboxylic acids is 2. The van der Waals surface area contributed by atoms with Crippen LogP contribution < -0.4 is 4.74 Å². The molecule has 168 valence electrons. The molecule has 1 atom stereocenters. The number of amides is 1. The molecule has 0 aromatic heterocycles. The normalized spacial score (nSPS) is 17.8. The lowest BCUT2D eigenvalue weighted by molar-refractivity contribution is -0.139. The van der Waals surface area contributed by atoms with Crippen LogP contribution in [0.2, 0.25) is 0 Å². The minimum absolute atomic E-state index is 0.114. The number of aryl methyl sites for hydroxylation is 1. The first kappa shape index (κ1) is 23.3.